The van der Waals surface area contributed by atoms with Crippen LogP contribution in [0.25, 0.3) is 0 Å². The number of aryl methyl sites for hydroxylation is 1. The third-order valence-corrected chi connectivity index (χ3v) is 6.46. The molecule has 0 spiro atoms. The molecule has 2 amide bonds. The monoisotopic (exact) mass is 391 g/mol. The van der Waals surface area contributed by atoms with Crippen molar-refractivity contribution in [3.05, 3.63) is 65.2 Å². The zero-order valence-corrected chi connectivity index (χ0v) is 16.9. The molecule has 5 heteroatoms. The summed E-state index contributed by atoms with van der Waals surface area (Å²) >= 11 is 0. The van der Waals surface area contributed by atoms with E-state index >= 15 is 0 Å². The SMILES string of the molecule is Cc1ccc(C(=O)NC2C3CCCC2CC(N)C3)cc1NC(=O)c1ccccc1. The smallest absolute Gasteiger partial charge is 0.255 e. The van der Waals surface area contributed by atoms with Crippen LogP contribution in [0.5, 0.6) is 0 Å². The highest BCUT2D eigenvalue weighted by molar-refractivity contribution is 6.05. The molecule has 4 N–H and O–H groups in total. The molecular formula is C24H29N3O2. The Morgan fingerprint density at radius 1 is 0.931 bits per heavy atom. The van der Waals surface area contributed by atoms with E-state index in [1.165, 1.54) is 6.42 Å². The molecule has 29 heavy (non-hydrogen) atoms. The number of hydrogen-bond donors (Lipinski definition) is 3. The van der Waals surface area contributed by atoms with E-state index < -0.39 is 0 Å². The molecule has 2 atom stereocenters. The van der Waals surface area contributed by atoms with E-state index in [1.54, 1.807) is 18.2 Å². The molecule has 2 unspecified atom stereocenters. The minimum absolute atomic E-state index is 0.0717. The number of nitrogens with one attached hydrogen (secondary N) is 2. The number of nitrogens with two attached hydrogens (primary N) is 1. The van der Waals surface area contributed by atoms with Crippen molar-refractivity contribution in [2.24, 2.45) is 17.6 Å². The molecule has 0 aliphatic heterocycles. The summed E-state index contributed by atoms with van der Waals surface area (Å²) in [7, 11) is 0. The minimum Gasteiger partial charge on any atom is -0.349 e. The second-order valence-corrected chi connectivity index (χ2v) is 8.53. The molecule has 2 aliphatic rings. The van der Waals surface area contributed by atoms with Gasteiger partial charge in [-0.2, -0.15) is 0 Å². The first-order chi connectivity index (χ1) is 14.0. The number of fused-ring (bicyclic) bond motifs is 2. The molecule has 0 radical (unpaired) electrons. The second-order valence-electron chi connectivity index (χ2n) is 8.53. The largest absolute Gasteiger partial charge is 0.349 e. The first kappa shape index (κ1) is 19.6. The van der Waals surface area contributed by atoms with Crippen LogP contribution in [-0.4, -0.2) is 23.9 Å². The third kappa shape index (κ3) is 4.35. The van der Waals surface area contributed by atoms with Crippen LogP contribution in [0.15, 0.2) is 48.5 Å². The van der Waals surface area contributed by atoms with Crippen LogP contribution in [-0.2, 0) is 0 Å². The van der Waals surface area contributed by atoms with Crippen molar-refractivity contribution < 1.29 is 9.59 Å². The van der Waals surface area contributed by atoms with Gasteiger partial charge in [0.25, 0.3) is 11.8 Å². The summed E-state index contributed by atoms with van der Waals surface area (Å²) in [5, 5.41) is 6.22. The van der Waals surface area contributed by atoms with Gasteiger partial charge < -0.3 is 16.4 Å². The lowest BCUT2D eigenvalue weighted by atomic mass is 9.67. The lowest BCUT2D eigenvalue weighted by Gasteiger charge is -2.45. The van der Waals surface area contributed by atoms with Crippen LogP contribution in [0.4, 0.5) is 5.69 Å². The number of hydrogen-bond acceptors (Lipinski definition) is 3. The van der Waals surface area contributed by atoms with Crippen LogP contribution in [0.3, 0.4) is 0 Å². The maximum absolute atomic E-state index is 13.0. The van der Waals surface area contributed by atoms with Gasteiger partial charge in [-0.25, -0.2) is 0 Å². The quantitative estimate of drug-likeness (QED) is 0.739. The summed E-state index contributed by atoms with van der Waals surface area (Å²) in [5.74, 6) is 0.702. The average molecular weight is 392 g/mol. The van der Waals surface area contributed by atoms with E-state index in [2.05, 4.69) is 10.6 Å². The number of carbonyl (C=O) groups is 2. The van der Waals surface area contributed by atoms with Crippen molar-refractivity contribution in [3.63, 3.8) is 0 Å². The molecule has 0 aromatic heterocycles. The van der Waals surface area contributed by atoms with Crippen LogP contribution in [0.2, 0.25) is 0 Å². The van der Waals surface area contributed by atoms with Crippen LogP contribution < -0.4 is 16.4 Å². The maximum Gasteiger partial charge on any atom is 0.255 e. The number of carbonyl (C=O) groups excluding carboxylic acids is 2. The molecule has 2 saturated carbocycles. The van der Waals surface area contributed by atoms with Gasteiger partial charge in [0, 0.05) is 28.9 Å². The topological polar surface area (TPSA) is 84.2 Å². The number of benzene rings is 2. The molecule has 2 aliphatic carbocycles. The molecule has 2 fully saturated rings. The Balaban J connectivity index is 1.48. The van der Waals surface area contributed by atoms with Gasteiger partial charge in [0.2, 0.25) is 0 Å². The average Bonchev–Trinajstić information content (AvgIpc) is 2.71. The highest BCUT2D eigenvalue weighted by Crippen LogP contribution is 2.39. The van der Waals surface area contributed by atoms with Crippen molar-refractivity contribution in [1.29, 1.82) is 0 Å². The van der Waals surface area contributed by atoms with Crippen LogP contribution in [0, 0.1) is 18.8 Å². The number of anilines is 1. The highest BCUT2D eigenvalue weighted by atomic mass is 16.2. The van der Waals surface area contributed by atoms with E-state index in [9.17, 15) is 9.59 Å². The summed E-state index contributed by atoms with van der Waals surface area (Å²) < 4.78 is 0. The van der Waals surface area contributed by atoms with Crippen molar-refractivity contribution in [2.75, 3.05) is 5.32 Å². The van der Waals surface area contributed by atoms with Crippen molar-refractivity contribution in [2.45, 2.75) is 51.1 Å². The molecule has 0 saturated heterocycles. The zero-order valence-electron chi connectivity index (χ0n) is 16.9. The predicted octanol–water partition coefficient (Wildman–Crippen LogP) is 3.88. The molecular weight excluding hydrogens is 362 g/mol. The standard InChI is InChI=1S/C24H29N3O2/c1-15-10-11-19(14-21(15)26-23(28)16-6-3-2-4-7-16)24(29)27-22-17-8-5-9-18(22)13-20(25)12-17/h2-4,6-7,10-11,14,17-18,20,22H,5,8-9,12-13,25H2,1H3,(H,26,28)(H,27,29). The maximum atomic E-state index is 13.0. The molecule has 152 valence electrons. The Morgan fingerprint density at radius 2 is 1.62 bits per heavy atom. The summed E-state index contributed by atoms with van der Waals surface area (Å²) in [5.41, 5.74) is 8.96. The van der Waals surface area contributed by atoms with E-state index in [1.807, 2.05) is 37.3 Å². The normalized spacial score (nSPS) is 25.9. The van der Waals surface area contributed by atoms with Gasteiger partial charge in [0.05, 0.1) is 0 Å². The third-order valence-electron chi connectivity index (χ3n) is 6.46. The van der Waals surface area contributed by atoms with E-state index in [4.69, 9.17) is 5.73 Å². The lowest BCUT2D eigenvalue weighted by molar-refractivity contribution is 0.0756. The van der Waals surface area contributed by atoms with Crippen LogP contribution >= 0.6 is 0 Å². The van der Waals surface area contributed by atoms with Gasteiger partial charge in [-0.1, -0.05) is 30.7 Å². The first-order valence-electron chi connectivity index (χ1n) is 10.5. The van der Waals surface area contributed by atoms with Gasteiger partial charge in [0.15, 0.2) is 0 Å². The Kier molecular flexibility index (Phi) is 5.67. The molecule has 4 rings (SSSR count). The highest BCUT2D eigenvalue weighted by Gasteiger charge is 2.40. The van der Waals surface area contributed by atoms with Gasteiger partial charge >= 0.3 is 0 Å². The van der Waals surface area contributed by atoms with Gasteiger partial charge in [-0.3, -0.25) is 9.59 Å². The fraction of sp³-hybridized carbons (Fsp3) is 0.417. The summed E-state index contributed by atoms with van der Waals surface area (Å²) in [4.78, 5) is 25.5. The molecule has 2 bridgehead atoms. The zero-order chi connectivity index (χ0) is 20.4. The Hall–Kier alpha value is -2.66. The lowest BCUT2D eigenvalue weighted by Crippen LogP contribution is -2.53. The van der Waals surface area contributed by atoms with Crippen LogP contribution in [0.1, 0.15) is 58.4 Å². The van der Waals surface area contributed by atoms with Crippen molar-refractivity contribution >= 4 is 17.5 Å². The fourth-order valence-corrected chi connectivity index (χ4v) is 4.94. The molecule has 5 nitrogen and oxygen atoms in total. The van der Waals surface area contributed by atoms with E-state index in [0.717, 1.165) is 31.2 Å². The molecule has 2 aromatic rings. The summed E-state index contributed by atoms with van der Waals surface area (Å²) in [6, 6.07) is 15.0. The van der Waals surface area contributed by atoms with Gasteiger partial charge in [0.1, 0.15) is 0 Å². The van der Waals surface area contributed by atoms with Gasteiger partial charge in [-0.05, 0) is 74.3 Å². The van der Waals surface area contributed by atoms with E-state index in [0.29, 0.717) is 28.7 Å². The van der Waals surface area contributed by atoms with Gasteiger partial charge in [-0.15, -0.1) is 0 Å². The predicted molar refractivity (Wildman–Crippen MR) is 115 cm³/mol. The van der Waals surface area contributed by atoms with Crippen molar-refractivity contribution in [1.82, 2.24) is 5.32 Å². The number of amides is 2. The second kappa shape index (κ2) is 8.37. The Morgan fingerprint density at radius 3 is 2.31 bits per heavy atom. The Bertz CT molecular complexity index is 882. The van der Waals surface area contributed by atoms with Crippen molar-refractivity contribution in [3.8, 4) is 0 Å². The Labute approximate surface area is 172 Å². The summed E-state index contributed by atoms with van der Waals surface area (Å²) in [6.45, 7) is 1.93. The molecule has 0 heterocycles. The fourth-order valence-electron chi connectivity index (χ4n) is 4.94. The minimum atomic E-state index is -0.179. The van der Waals surface area contributed by atoms with E-state index in [-0.39, 0.29) is 23.9 Å². The first-order valence-corrected chi connectivity index (χ1v) is 10.5. The summed E-state index contributed by atoms with van der Waals surface area (Å²) in [6.07, 6.45) is 5.50. The molecule has 2 aromatic carbocycles. The number of rotatable bonds is 4.